The van der Waals surface area contributed by atoms with E-state index >= 15 is 0 Å². The van der Waals surface area contributed by atoms with E-state index in [9.17, 15) is 9.90 Å². The van der Waals surface area contributed by atoms with Gasteiger partial charge in [0, 0.05) is 22.3 Å². The van der Waals surface area contributed by atoms with Crippen LogP contribution in [0.1, 0.15) is 31.9 Å². The van der Waals surface area contributed by atoms with Gasteiger partial charge in [0.25, 0.3) is 5.91 Å². The molecule has 1 saturated heterocycles. The molecule has 1 aromatic rings. The van der Waals surface area contributed by atoms with Gasteiger partial charge in [0.05, 0.1) is 24.4 Å². The van der Waals surface area contributed by atoms with E-state index in [4.69, 9.17) is 4.74 Å². The number of carbonyl (C=O) groups excluding carboxylic acids is 1. The van der Waals surface area contributed by atoms with Crippen LogP contribution in [0.25, 0.3) is 0 Å². The molecule has 21 heavy (non-hydrogen) atoms. The molecule has 2 aliphatic heterocycles. The van der Waals surface area contributed by atoms with E-state index in [-0.39, 0.29) is 12.0 Å². The van der Waals surface area contributed by atoms with Crippen LogP contribution in [-0.4, -0.2) is 36.3 Å². The number of morpholine rings is 1. The Bertz CT molecular complexity index is 578. The normalized spacial score (nSPS) is 28.5. The van der Waals surface area contributed by atoms with Gasteiger partial charge in [0.1, 0.15) is 0 Å². The summed E-state index contributed by atoms with van der Waals surface area (Å²) in [6, 6.07) is 4.09. The Balaban J connectivity index is 1.99. The Morgan fingerprint density at radius 3 is 3.00 bits per heavy atom. The lowest BCUT2D eigenvalue weighted by molar-refractivity contribution is -0.123. The first kappa shape index (κ1) is 14.8. The first-order valence-corrected chi connectivity index (χ1v) is 8.01. The smallest absolute Gasteiger partial charge is 0.257 e. The molecule has 0 bridgehead atoms. The molecule has 1 fully saturated rings. The predicted octanol–water partition coefficient (Wildman–Crippen LogP) is 2.44. The van der Waals surface area contributed by atoms with Crippen molar-refractivity contribution in [2.24, 2.45) is 0 Å². The van der Waals surface area contributed by atoms with Crippen LogP contribution in [0.3, 0.4) is 0 Å². The van der Waals surface area contributed by atoms with E-state index in [1.807, 2.05) is 12.1 Å². The SMILES string of the molecule is CCC1COC(C)CN1c1cc2c(cc1Br)C(O)C(=O)N2. The van der Waals surface area contributed by atoms with Gasteiger partial charge < -0.3 is 20.1 Å². The van der Waals surface area contributed by atoms with Crippen molar-refractivity contribution in [1.82, 2.24) is 0 Å². The summed E-state index contributed by atoms with van der Waals surface area (Å²) in [5.74, 6) is -0.364. The lowest BCUT2D eigenvalue weighted by Crippen LogP contribution is -2.48. The van der Waals surface area contributed by atoms with Crippen LogP contribution < -0.4 is 10.2 Å². The zero-order valence-corrected chi connectivity index (χ0v) is 13.7. The molecule has 0 aromatic heterocycles. The van der Waals surface area contributed by atoms with Crippen molar-refractivity contribution < 1.29 is 14.6 Å². The summed E-state index contributed by atoms with van der Waals surface area (Å²) >= 11 is 3.58. The fourth-order valence-corrected chi connectivity index (χ4v) is 3.54. The molecule has 6 heteroatoms. The summed E-state index contributed by atoms with van der Waals surface area (Å²) in [7, 11) is 0. The molecule has 0 spiro atoms. The van der Waals surface area contributed by atoms with Crippen molar-refractivity contribution in [2.75, 3.05) is 23.4 Å². The van der Waals surface area contributed by atoms with Gasteiger partial charge in [-0.2, -0.15) is 0 Å². The Morgan fingerprint density at radius 1 is 1.52 bits per heavy atom. The zero-order chi connectivity index (χ0) is 15.1. The molecule has 0 radical (unpaired) electrons. The maximum absolute atomic E-state index is 11.6. The zero-order valence-electron chi connectivity index (χ0n) is 12.1. The number of nitrogens with zero attached hydrogens (tertiary/aromatic N) is 1. The molecule has 3 atom stereocenters. The number of hydrogen-bond acceptors (Lipinski definition) is 4. The molecule has 1 aromatic carbocycles. The van der Waals surface area contributed by atoms with E-state index < -0.39 is 6.10 Å². The lowest BCUT2D eigenvalue weighted by atomic mass is 10.1. The average molecular weight is 355 g/mol. The van der Waals surface area contributed by atoms with Gasteiger partial charge in [0.15, 0.2) is 6.10 Å². The van der Waals surface area contributed by atoms with Crippen LogP contribution in [0.15, 0.2) is 16.6 Å². The van der Waals surface area contributed by atoms with Gasteiger partial charge in [-0.15, -0.1) is 0 Å². The number of rotatable bonds is 2. The molecule has 1 amide bonds. The minimum atomic E-state index is -1.07. The highest BCUT2D eigenvalue weighted by molar-refractivity contribution is 9.10. The number of hydrogen-bond donors (Lipinski definition) is 2. The van der Waals surface area contributed by atoms with Gasteiger partial charge in [-0.3, -0.25) is 4.79 Å². The van der Waals surface area contributed by atoms with Crippen molar-refractivity contribution in [3.8, 4) is 0 Å². The summed E-state index contributed by atoms with van der Waals surface area (Å²) in [5, 5.41) is 12.6. The standard InChI is InChI=1S/C15H19BrN2O3/c1-3-9-7-21-8(2)6-18(9)13-5-12-10(4-11(13)16)14(19)15(20)17-12/h4-5,8-9,14,19H,3,6-7H2,1-2H3,(H,17,20). The number of carbonyl (C=O) groups is 1. The van der Waals surface area contributed by atoms with Gasteiger partial charge in [-0.25, -0.2) is 0 Å². The van der Waals surface area contributed by atoms with Gasteiger partial charge >= 0.3 is 0 Å². The number of benzene rings is 1. The van der Waals surface area contributed by atoms with Crippen LogP contribution in [0.2, 0.25) is 0 Å². The third-order valence-electron chi connectivity index (χ3n) is 4.17. The highest BCUT2D eigenvalue weighted by atomic mass is 79.9. The molecule has 2 heterocycles. The highest BCUT2D eigenvalue weighted by Crippen LogP contribution is 2.40. The van der Waals surface area contributed by atoms with Crippen molar-refractivity contribution in [3.05, 3.63) is 22.2 Å². The van der Waals surface area contributed by atoms with Crippen molar-refractivity contribution in [3.63, 3.8) is 0 Å². The van der Waals surface area contributed by atoms with E-state index in [0.717, 1.165) is 23.1 Å². The largest absolute Gasteiger partial charge is 0.378 e. The lowest BCUT2D eigenvalue weighted by Gasteiger charge is -2.40. The Hall–Kier alpha value is -1.11. The third-order valence-corrected chi connectivity index (χ3v) is 4.80. The first-order valence-electron chi connectivity index (χ1n) is 7.21. The summed E-state index contributed by atoms with van der Waals surface area (Å²) in [5.41, 5.74) is 2.36. The molecule has 114 valence electrons. The number of halogens is 1. The minimum absolute atomic E-state index is 0.174. The fourth-order valence-electron chi connectivity index (χ4n) is 2.95. The number of aliphatic hydroxyl groups is 1. The van der Waals surface area contributed by atoms with Crippen LogP contribution in [0, 0.1) is 0 Å². The fraction of sp³-hybridized carbons (Fsp3) is 0.533. The van der Waals surface area contributed by atoms with E-state index in [2.05, 4.69) is 40.0 Å². The van der Waals surface area contributed by atoms with E-state index in [1.54, 1.807) is 0 Å². The van der Waals surface area contributed by atoms with Gasteiger partial charge in [-0.05, 0) is 41.4 Å². The van der Waals surface area contributed by atoms with Crippen molar-refractivity contribution in [2.45, 2.75) is 38.5 Å². The van der Waals surface area contributed by atoms with Crippen LogP contribution in [0.5, 0.6) is 0 Å². The van der Waals surface area contributed by atoms with Gasteiger partial charge in [-0.1, -0.05) is 6.92 Å². The second kappa shape index (κ2) is 5.59. The summed E-state index contributed by atoms with van der Waals surface area (Å²) < 4.78 is 6.63. The monoisotopic (exact) mass is 354 g/mol. The molecule has 2 aliphatic rings. The van der Waals surface area contributed by atoms with Crippen molar-refractivity contribution in [1.29, 1.82) is 0 Å². The van der Waals surface area contributed by atoms with Crippen molar-refractivity contribution >= 4 is 33.2 Å². The van der Waals surface area contributed by atoms with Crippen LogP contribution in [0.4, 0.5) is 11.4 Å². The quantitative estimate of drug-likeness (QED) is 0.856. The number of ether oxygens (including phenoxy) is 1. The Morgan fingerprint density at radius 2 is 2.29 bits per heavy atom. The average Bonchev–Trinajstić information content (AvgIpc) is 2.73. The summed E-state index contributed by atoms with van der Waals surface area (Å²) in [6.07, 6.45) is 0.0923. The number of amides is 1. The molecule has 5 nitrogen and oxygen atoms in total. The van der Waals surface area contributed by atoms with Crippen LogP contribution in [-0.2, 0) is 9.53 Å². The first-order chi connectivity index (χ1) is 10.0. The minimum Gasteiger partial charge on any atom is -0.378 e. The predicted molar refractivity (Wildman–Crippen MR) is 84.6 cm³/mol. The molecule has 0 saturated carbocycles. The second-order valence-corrected chi connectivity index (χ2v) is 6.50. The number of nitrogens with one attached hydrogen (secondary N) is 1. The number of fused-ring (bicyclic) bond motifs is 1. The Labute approximate surface area is 132 Å². The maximum atomic E-state index is 11.6. The molecule has 0 aliphatic carbocycles. The molecule has 2 N–H and O–H groups in total. The van der Waals surface area contributed by atoms with E-state index in [1.165, 1.54) is 0 Å². The molecule has 3 unspecified atom stereocenters. The highest BCUT2D eigenvalue weighted by Gasteiger charge is 2.32. The topological polar surface area (TPSA) is 61.8 Å². The summed E-state index contributed by atoms with van der Waals surface area (Å²) in [6.45, 7) is 5.72. The molecule has 3 rings (SSSR count). The summed E-state index contributed by atoms with van der Waals surface area (Å²) in [4.78, 5) is 13.9. The van der Waals surface area contributed by atoms with Gasteiger partial charge in [0.2, 0.25) is 0 Å². The Kier molecular flexibility index (Phi) is 3.94. The maximum Gasteiger partial charge on any atom is 0.257 e. The molecular formula is C15H19BrN2O3. The number of anilines is 2. The second-order valence-electron chi connectivity index (χ2n) is 5.64. The molecular weight excluding hydrogens is 336 g/mol. The number of aliphatic hydroxyl groups excluding tert-OH is 1. The van der Waals surface area contributed by atoms with Crippen LogP contribution >= 0.6 is 15.9 Å². The van der Waals surface area contributed by atoms with E-state index in [0.29, 0.717) is 23.9 Å². The third kappa shape index (κ3) is 2.56.